The molecule has 0 saturated carbocycles. The van der Waals surface area contributed by atoms with Crippen LogP contribution < -0.4 is 5.73 Å². The minimum absolute atomic E-state index is 0.0620. The van der Waals surface area contributed by atoms with E-state index in [0.29, 0.717) is 0 Å². The summed E-state index contributed by atoms with van der Waals surface area (Å²) in [5.74, 6) is -1.38. The molecule has 1 unspecified atom stereocenters. The summed E-state index contributed by atoms with van der Waals surface area (Å²) < 4.78 is 22.4. The van der Waals surface area contributed by atoms with Gasteiger partial charge in [0.15, 0.2) is 15.4 Å². The Morgan fingerprint density at radius 3 is 2.12 bits per heavy atom. The number of aliphatic carboxylic acids is 1. The first-order chi connectivity index (χ1) is 7.71. The maximum atomic E-state index is 11.2. The molecular weight excluding hydrogens is 246 g/mol. The summed E-state index contributed by atoms with van der Waals surface area (Å²) in [7, 11) is -3.34. The summed E-state index contributed by atoms with van der Waals surface area (Å²) in [6.07, 6.45) is 1.04. The highest BCUT2D eigenvalue weighted by Gasteiger charge is 2.35. The van der Waals surface area contributed by atoms with E-state index >= 15 is 0 Å². The van der Waals surface area contributed by atoms with E-state index in [4.69, 9.17) is 15.9 Å². The third-order valence-electron chi connectivity index (χ3n) is 2.43. The van der Waals surface area contributed by atoms with E-state index in [2.05, 4.69) is 0 Å². The van der Waals surface area contributed by atoms with E-state index in [-0.39, 0.29) is 10.5 Å². The van der Waals surface area contributed by atoms with Crippen molar-refractivity contribution < 1.29 is 23.4 Å². The smallest absolute Gasteiger partial charge is 0.330 e. The van der Waals surface area contributed by atoms with Gasteiger partial charge in [-0.15, -0.1) is 0 Å². The van der Waals surface area contributed by atoms with Crippen molar-refractivity contribution in [3.63, 3.8) is 0 Å². The van der Waals surface area contributed by atoms with Crippen molar-refractivity contribution in [2.75, 3.05) is 12.9 Å². The Balaban J connectivity index is 3.23. The molecule has 0 aliphatic carbocycles. The summed E-state index contributed by atoms with van der Waals surface area (Å²) in [5, 5.41) is 17.9. The minimum Gasteiger partial charge on any atom is -0.480 e. The van der Waals surface area contributed by atoms with Crippen LogP contribution in [0.15, 0.2) is 29.2 Å². The van der Waals surface area contributed by atoms with Crippen LogP contribution in [0, 0.1) is 0 Å². The molecule has 1 aromatic rings. The van der Waals surface area contributed by atoms with Gasteiger partial charge in [-0.2, -0.15) is 0 Å². The highest BCUT2D eigenvalue weighted by molar-refractivity contribution is 7.90. The monoisotopic (exact) mass is 259 g/mol. The lowest BCUT2D eigenvalue weighted by atomic mass is 9.92. The molecule has 1 aromatic carbocycles. The fourth-order valence-electron chi connectivity index (χ4n) is 1.28. The molecule has 0 amide bonds. The van der Waals surface area contributed by atoms with Crippen molar-refractivity contribution in [3.05, 3.63) is 29.8 Å². The van der Waals surface area contributed by atoms with Crippen LogP contribution in [-0.4, -0.2) is 37.5 Å². The Bertz CT molecular complexity index is 522. The average Bonchev–Trinajstić information content (AvgIpc) is 2.26. The number of aliphatic hydroxyl groups excluding tert-OH is 1. The van der Waals surface area contributed by atoms with Gasteiger partial charge in [-0.1, -0.05) is 12.1 Å². The Morgan fingerprint density at radius 2 is 1.82 bits per heavy atom. The first-order valence-electron chi connectivity index (χ1n) is 4.65. The van der Waals surface area contributed by atoms with Gasteiger partial charge in [0.2, 0.25) is 0 Å². The van der Waals surface area contributed by atoms with E-state index in [1.54, 1.807) is 0 Å². The van der Waals surface area contributed by atoms with Gasteiger partial charge in [-0.3, -0.25) is 0 Å². The van der Waals surface area contributed by atoms with Crippen LogP contribution in [0.5, 0.6) is 0 Å². The fraction of sp³-hybridized carbons (Fsp3) is 0.300. The second kappa shape index (κ2) is 4.44. The summed E-state index contributed by atoms with van der Waals surface area (Å²) in [6.45, 7) is -0.777. The molecule has 6 nitrogen and oxygen atoms in total. The lowest BCUT2D eigenvalue weighted by molar-refractivity contribution is -0.145. The molecule has 17 heavy (non-hydrogen) atoms. The SMILES string of the molecule is CS(=O)(=O)c1ccc(C(N)(CO)C(=O)O)cc1. The largest absolute Gasteiger partial charge is 0.480 e. The van der Waals surface area contributed by atoms with Crippen molar-refractivity contribution in [2.24, 2.45) is 5.73 Å². The Hall–Kier alpha value is -1.44. The molecule has 94 valence electrons. The van der Waals surface area contributed by atoms with Crippen LogP contribution in [0.4, 0.5) is 0 Å². The number of hydrogen-bond donors (Lipinski definition) is 3. The van der Waals surface area contributed by atoms with Crippen LogP contribution in [0.1, 0.15) is 5.56 Å². The number of benzene rings is 1. The van der Waals surface area contributed by atoms with Gasteiger partial charge in [0, 0.05) is 6.26 Å². The van der Waals surface area contributed by atoms with Crippen molar-refractivity contribution >= 4 is 15.8 Å². The molecule has 0 aliphatic rings. The Kier molecular flexibility index (Phi) is 3.56. The first-order valence-corrected chi connectivity index (χ1v) is 6.54. The van der Waals surface area contributed by atoms with Gasteiger partial charge in [0.1, 0.15) is 0 Å². The molecule has 1 atom stereocenters. The van der Waals surface area contributed by atoms with Crippen molar-refractivity contribution in [3.8, 4) is 0 Å². The van der Waals surface area contributed by atoms with Crippen LogP contribution in [0.2, 0.25) is 0 Å². The number of aliphatic hydroxyl groups is 1. The molecule has 0 radical (unpaired) electrons. The highest BCUT2D eigenvalue weighted by atomic mass is 32.2. The van der Waals surface area contributed by atoms with Gasteiger partial charge in [0.05, 0.1) is 11.5 Å². The van der Waals surface area contributed by atoms with E-state index in [1.165, 1.54) is 24.3 Å². The summed E-state index contributed by atoms with van der Waals surface area (Å²) >= 11 is 0. The van der Waals surface area contributed by atoms with Gasteiger partial charge < -0.3 is 15.9 Å². The predicted octanol–water partition coefficient (Wildman–Crippen LogP) is -0.679. The van der Waals surface area contributed by atoms with E-state index in [9.17, 15) is 13.2 Å². The average molecular weight is 259 g/mol. The zero-order valence-electron chi connectivity index (χ0n) is 9.12. The van der Waals surface area contributed by atoms with Gasteiger partial charge in [-0.25, -0.2) is 13.2 Å². The molecule has 0 heterocycles. The standard InChI is InChI=1S/C10H13NO5S/c1-17(15,16)8-4-2-7(3-5-8)10(11,6-12)9(13)14/h2-5,12H,6,11H2,1H3,(H,13,14). The zero-order valence-corrected chi connectivity index (χ0v) is 9.94. The molecule has 0 saturated heterocycles. The highest BCUT2D eigenvalue weighted by Crippen LogP contribution is 2.20. The summed E-state index contributed by atoms with van der Waals surface area (Å²) in [4.78, 5) is 11.0. The topological polar surface area (TPSA) is 118 Å². The molecular formula is C10H13NO5S. The summed E-state index contributed by atoms with van der Waals surface area (Å²) in [6, 6.07) is 5.07. The second-order valence-electron chi connectivity index (χ2n) is 3.73. The molecule has 1 rings (SSSR count). The summed E-state index contributed by atoms with van der Waals surface area (Å²) in [5.41, 5.74) is 3.74. The number of sulfone groups is 1. The van der Waals surface area contributed by atoms with Crippen LogP contribution in [-0.2, 0) is 20.2 Å². The molecule has 0 aromatic heterocycles. The number of nitrogens with two attached hydrogens (primary N) is 1. The van der Waals surface area contributed by atoms with Crippen LogP contribution in [0.3, 0.4) is 0 Å². The Labute approximate surface area is 98.6 Å². The van der Waals surface area contributed by atoms with Gasteiger partial charge >= 0.3 is 5.97 Å². The zero-order chi connectivity index (χ0) is 13.3. The van der Waals surface area contributed by atoms with Crippen molar-refractivity contribution in [1.82, 2.24) is 0 Å². The Morgan fingerprint density at radius 1 is 1.35 bits per heavy atom. The maximum absolute atomic E-state index is 11.2. The van der Waals surface area contributed by atoms with Gasteiger partial charge in [0.25, 0.3) is 0 Å². The first kappa shape index (κ1) is 13.6. The van der Waals surface area contributed by atoms with Crippen LogP contribution in [0.25, 0.3) is 0 Å². The third-order valence-corrected chi connectivity index (χ3v) is 3.56. The number of carboxylic acid groups (broad SMARTS) is 1. The molecule has 0 aliphatic heterocycles. The maximum Gasteiger partial charge on any atom is 0.330 e. The quantitative estimate of drug-likeness (QED) is 0.659. The molecule has 0 bridgehead atoms. The number of carboxylic acids is 1. The van der Waals surface area contributed by atoms with Crippen molar-refractivity contribution in [1.29, 1.82) is 0 Å². The van der Waals surface area contributed by atoms with E-state index < -0.39 is 28.0 Å². The minimum atomic E-state index is -3.34. The molecule has 0 fully saturated rings. The van der Waals surface area contributed by atoms with Crippen molar-refractivity contribution in [2.45, 2.75) is 10.4 Å². The lowest BCUT2D eigenvalue weighted by Crippen LogP contribution is -2.48. The molecule has 4 N–H and O–H groups in total. The second-order valence-corrected chi connectivity index (χ2v) is 5.75. The van der Waals surface area contributed by atoms with Crippen LogP contribution >= 0.6 is 0 Å². The normalized spacial score (nSPS) is 15.2. The van der Waals surface area contributed by atoms with E-state index in [1.807, 2.05) is 0 Å². The molecule has 7 heteroatoms. The fourth-order valence-corrected chi connectivity index (χ4v) is 1.91. The van der Waals surface area contributed by atoms with Gasteiger partial charge in [-0.05, 0) is 17.7 Å². The number of rotatable bonds is 4. The predicted molar refractivity (Wildman–Crippen MR) is 60.1 cm³/mol. The molecule has 0 spiro atoms. The number of carbonyl (C=O) groups is 1. The third kappa shape index (κ3) is 2.63. The van der Waals surface area contributed by atoms with E-state index in [0.717, 1.165) is 6.26 Å². The lowest BCUT2D eigenvalue weighted by Gasteiger charge is -2.22. The number of hydrogen-bond acceptors (Lipinski definition) is 5.